The second-order valence-corrected chi connectivity index (χ2v) is 7.33. The van der Waals surface area contributed by atoms with Crippen LogP contribution in [0.4, 0.5) is 0 Å². The Hall–Kier alpha value is -3.03. The summed E-state index contributed by atoms with van der Waals surface area (Å²) in [5.41, 5.74) is 0.893. The fourth-order valence-corrected chi connectivity index (χ4v) is 4.56. The summed E-state index contributed by atoms with van der Waals surface area (Å²) < 4.78 is 6.21. The lowest BCUT2D eigenvalue weighted by atomic mass is 9.74. The standard InChI is InChI=1S/C22H22N2O5/c1-2-13-22-18(15-28-21(22)17-11-7-4-8-12-17)20(16-9-5-3-6-10-16)29-24(22)19(25)14-23(26)27/h2-12,18,20-21H,1,13-15H2/t18-,20-,21-,22+/m1/s1. The van der Waals surface area contributed by atoms with Crippen LogP contribution < -0.4 is 0 Å². The first-order valence-electron chi connectivity index (χ1n) is 9.52. The number of carbonyl (C=O) groups is 1. The molecule has 7 nitrogen and oxygen atoms in total. The van der Waals surface area contributed by atoms with E-state index >= 15 is 0 Å². The number of hydroxylamine groups is 2. The minimum Gasteiger partial charge on any atom is -0.370 e. The Morgan fingerprint density at radius 2 is 1.79 bits per heavy atom. The molecule has 2 aliphatic heterocycles. The summed E-state index contributed by atoms with van der Waals surface area (Å²) in [6.07, 6.45) is 1.20. The molecule has 0 radical (unpaired) electrons. The number of nitrogens with zero attached hydrogens (tertiary/aromatic N) is 2. The first-order valence-corrected chi connectivity index (χ1v) is 9.52. The van der Waals surface area contributed by atoms with Crippen LogP contribution in [0.3, 0.4) is 0 Å². The monoisotopic (exact) mass is 394 g/mol. The highest BCUT2D eigenvalue weighted by molar-refractivity contribution is 5.77. The maximum Gasteiger partial charge on any atom is 0.318 e. The molecule has 4 rings (SSSR count). The lowest BCUT2D eigenvalue weighted by molar-refractivity contribution is -0.471. The van der Waals surface area contributed by atoms with Gasteiger partial charge in [-0.15, -0.1) is 6.58 Å². The number of benzene rings is 2. The van der Waals surface area contributed by atoms with Crippen LogP contribution in [0.25, 0.3) is 0 Å². The molecule has 0 aliphatic carbocycles. The van der Waals surface area contributed by atoms with Crippen molar-refractivity contribution in [1.29, 1.82) is 0 Å². The number of ether oxygens (including phenoxy) is 1. The third kappa shape index (κ3) is 3.22. The van der Waals surface area contributed by atoms with Crippen LogP contribution in [0, 0.1) is 16.0 Å². The summed E-state index contributed by atoms with van der Waals surface area (Å²) in [7, 11) is 0. The van der Waals surface area contributed by atoms with Crippen LogP contribution in [-0.2, 0) is 14.4 Å². The minimum absolute atomic E-state index is 0.191. The second kappa shape index (κ2) is 7.77. The average Bonchev–Trinajstić information content (AvgIpc) is 3.24. The molecule has 0 N–H and O–H groups in total. The van der Waals surface area contributed by atoms with Crippen molar-refractivity contribution >= 4 is 5.91 Å². The minimum atomic E-state index is -0.906. The van der Waals surface area contributed by atoms with Gasteiger partial charge < -0.3 is 4.74 Å². The molecule has 7 heteroatoms. The zero-order valence-corrected chi connectivity index (χ0v) is 15.8. The zero-order valence-electron chi connectivity index (χ0n) is 15.8. The van der Waals surface area contributed by atoms with Crippen LogP contribution in [0.1, 0.15) is 29.8 Å². The first-order chi connectivity index (χ1) is 14.1. The molecule has 2 saturated heterocycles. The molecule has 1 amide bonds. The largest absolute Gasteiger partial charge is 0.370 e. The van der Waals surface area contributed by atoms with Gasteiger partial charge in [0.1, 0.15) is 17.7 Å². The van der Waals surface area contributed by atoms with E-state index in [9.17, 15) is 14.9 Å². The Morgan fingerprint density at radius 1 is 1.17 bits per heavy atom. The molecule has 2 aromatic carbocycles. The van der Waals surface area contributed by atoms with E-state index in [4.69, 9.17) is 9.57 Å². The summed E-state index contributed by atoms with van der Waals surface area (Å²) in [5.74, 6) is -0.879. The summed E-state index contributed by atoms with van der Waals surface area (Å²) in [5, 5.41) is 12.3. The molecular weight excluding hydrogens is 372 g/mol. The van der Waals surface area contributed by atoms with Crippen molar-refractivity contribution in [2.45, 2.75) is 24.2 Å². The smallest absolute Gasteiger partial charge is 0.318 e. The van der Waals surface area contributed by atoms with Gasteiger partial charge in [-0.1, -0.05) is 66.7 Å². The second-order valence-electron chi connectivity index (χ2n) is 7.33. The van der Waals surface area contributed by atoms with E-state index in [0.717, 1.165) is 11.1 Å². The predicted molar refractivity (Wildman–Crippen MR) is 105 cm³/mol. The van der Waals surface area contributed by atoms with E-state index in [0.29, 0.717) is 13.0 Å². The van der Waals surface area contributed by atoms with E-state index < -0.39 is 35.1 Å². The van der Waals surface area contributed by atoms with E-state index in [1.807, 2.05) is 60.7 Å². The van der Waals surface area contributed by atoms with Gasteiger partial charge in [-0.2, -0.15) is 0 Å². The Bertz CT molecular complexity index is 904. The van der Waals surface area contributed by atoms with Crippen LogP contribution in [-0.4, -0.2) is 34.6 Å². The highest BCUT2D eigenvalue weighted by atomic mass is 16.7. The van der Waals surface area contributed by atoms with Gasteiger partial charge in [-0.25, -0.2) is 5.06 Å². The fraction of sp³-hybridized carbons (Fsp3) is 0.318. The van der Waals surface area contributed by atoms with Crippen molar-refractivity contribution in [3.63, 3.8) is 0 Å². The zero-order chi connectivity index (χ0) is 20.4. The van der Waals surface area contributed by atoms with Gasteiger partial charge in [0.25, 0.3) is 6.54 Å². The van der Waals surface area contributed by atoms with Crippen molar-refractivity contribution < 1.29 is 19.3 Å². The highest BCUT2D eigenvalue weighted by Crippen LogP contribution is 2.58. The van der Waals surface area contributed by atoms with E-state index in [-0.39, 0.29) is 5.92 Å². The van der Waals surface area contributed by atoms with Crippen LogP contribution >= 0.6 is 0 Å². The van der Waals surface area contributed by atoms with Gasteiger partial charge in [-0.05, 0) is 17.5 Å². The normalized spacial score (nSPS) is 28.1. The lowest BCUT2D eigenvalue weighted by Gasteiger charge is -2.38. The van der Waals surface area contributed by atoms with Crippen LogP contribution in [0.5, 0.6) is 0 Å². The topological polar surface area (TPSA) is 81.9 Å². The number of rotatable bonds is 6. The van der Waals surface area contributed by atoms with Gasteiger partial charge in [-0.3, -0.25) is 19.7 Å². The molecule has 2 heterocycles. The van der Waals surface area contributed by atoms with Crippen molar-refractivity contribution in [3.8, 4) is 0 Å². The Morgan fingerprint density at radius 3 is 2.38 bits per heavy atom. The lowest BCUT2D eigenvalue weighted by Crippen LogP contribution is -2.53. The Labute approximate surface area is 168 Å². The third-order valence-corrected chi connectivity index (χ3v) is 5.69. The number of fused-ring (bicyclic) bond motifs is 1. The van der Waals surface area contributed by atoms with Crippen molar-refractivity contribution in [2.24, 2.45) is 5.92 Å². The van der Waals surface area contributed by atoms with Crippen LogP contribution in [0.15, 0.2) is 73.3 Å². The molecule has 2 aliphatic rings. The maximum atomic E-state index is 12.9. The SMILES string of the molecule is C=CC[C@@]12[C@@H](c3ccccc3)OC[C@@H]1[C@@H](c1ccccc1)ON2C(=O)C[N+](=O)[O-]. The number of nitro groups is 1. The van der Waals surface area contributed by atoms with Crippen molar-refractivity contribution in [3.05, 3.63) is 94.6 Å². The number of hydrogen-bond donors (Lipinski definition) is 0. The van der Waals surface area contributed by atoms with E-state index in [1.54, 1.807) is 6.08 Å². The molecule has 2 fully saturated rings. The van der Waals surface area contributed by atoms with Gasteiger partial charge >= 0.3 is 5.91 Å². The maximum absolute atomic E-state index is 12.9. The van der Waals surface area contributed by atoms with E-state index in [2.05, 4.69) is 6.58 Å². The molecule has 150 valence electrons. The first kappa shape index (κ1) is 19.3. The summed E-state index contributed by atoms with van der Waals surface area (Å²) >= 11 is 0. The van der Waals surface area contributed by atoms with Crippen molar-refractivity contribution in [1.82, 2.24) is 5.06 Å². The molecular formula is C22H22N2O5. The average molecular weight is 394 g/mol. The molecule has 0 bridgehead atoms. The van der Waals surface area contributed by atoms with Crippen molar-refractivity contribution in [2.75, 3.05) is 13.2 Å². The Kier molecular flexibility index (Phi) is 5.17. The van der Waals surface area contributed by atoms with Gasteiger partial charge in [0.2, 0.25) is 0 Å². The number of carbonyl (C=O) groups excluding carboxylic acids is 1. The third-order valence-electron chi connectivity index (χ3n) is 5.69. The van der Waals surface area contributed by atoms with Crippen LogP contribution in [0.2, 0.25) is 0 Å². The number of amides is 1. The molecule has 0 spiro atoms. The van der Waals surface area contributed by atoms with Gasteiger partial charge in [0, 0.05) is 10.8 Å². The van der Waals surface area contributed by atoms with Gasteiger partial charge in [0.15, 0.2) is 0 Å². The number of hydrogen-bond acceptors (Lipinski definition) is 5. The molecule has 0 unspecified atom stereocenters. The fourth-order valence-electron chi connectivity index (χ4n) is 4.56. The molecule has 29 heavy (non-hydrogen) atoms. The summed E-state index contributed by atoms with van der Waals surface area (Å²) in [4.78, 5) is 29.5. The summed E-state index contributed by atoms with van der Waals surface area (Å²) in [6, 6.07) is 19.2. The highest BCUT2D eigenvalue weighted by Gasteiger charge is 2.65. The summed E-state index contributed by atoms with van der Waals surface area (Å²) in [6.45, 7) is 3.41. The predicted octanol–water partition coefficient (Wildman–Crippen LogP) is 3.48. The molecule has 0 saturated carbocycles. The van der Waals surface area contributed by atoms with E-state index in [1.165, 1.54) is 5.06 Å². The quantitative estimate of drug-likeness (QED) is 0.426. The Balaban J connectivity index is 1.82. The van der Waals surface area contributed by atoms with Gasteiger partial charge in [0.05, 0.1) is 6.61 Å². The molecule has 2 aromatic rings. The molecule has 4 atom stereocenters. The molecule has 0 aromatic heterocycles.